The number of hydrogen-bond acceptors (Lipinski definition) is 3. The van der Waals surface area contributed by atoms with Crippen molar-refractivity contribution in [2.75, 3.05) is 6.61 Å². The molecule has 0 saturated heterocycles. The molecule has 0 aliphatic carbocycles. The number of benzene rings is 3. The van der Waals surface area contributed by atoms with Crippen molar-refractivity contribution in [1.29, 1.82) is 0 Å². The number of aromatic nitrogens is 2. The van der Waals surface area contributed by atoms with Gasteiger partial charge in [-0.05, 0) is 40.0 Å². The van der Waals surface area contributed by atoms with Gasteiger partial charge in [-0.25, -0.2) is 4.79 Å². The first-order valence-corrected chi connectivity index (χ1v) is 9.54. The summed E-state index contributed by atoms with van der Waals surface area (Å²) in [5, 5.41) is 3.73. The minimum Gasteiger partial charge on any atom is -0.494 e. The summed E-state index contributed by atoms with van der Waals surface area (Å²) in [5.41, 5.74) is 4.68. The lowest BCUT2D eigenvalue weighted by Crippen LogP contribution is -2.27. The van der Waals surface area contributed by atoms with Crippen LogP contribution in [-0.4, -0.2) is 11.9 Å². The Hall–Kier alpha value is -3.86. The molecule has 0 unspecified atom stereocenters. The van der Waals surface area contributed by atoms with E-state index in [2.05, 4.69) is 17.4 Å². The summed E-state index contributed by atoms with van der Waals surface area (Å²) < 4.78 is 12.7. The van der Waals surface area contributed by atoms with Gasteiger partial charge >= 0.3 is 11.1 Å². The van der Waals surface area contributed by atoms with Gasteiger partial charge in [-0.3, -0.25) is 4.52 Å². The van der Waals surface area contributed by atoms with Crippen LogP contribution in [0, 0.1) is 0 Å². The number of rotatable bonds is 4. The molecule has 0 radical (unpaired) electrons. The highest BCUT2D eigenvalue weighted by Crippen LogP contribution is 2.39. The standard InChI is InChI=1S/C24H18N2O3/c1-2-28-18-13-14-20-19(15-18)21(16-9-5-3-6-10-16)22(17-11-7-4-8-12-17)23-24(27)29-25-26(20)23/h3-15H,2H2,1H3/p+1. The van der Waals surface area contributed by atoms with Crippen molar-refractivity contribution in [2.24, 2.45) is 0 Å². The second kappa shape index (κ2) is 6.95. The third-order valence-corrected chi connectivity index (χ3v) is 5.05. The third kappa shape index (κ3) is 2.79. The molecule has 0 aliphatic heterocycles. The second-order valence-electron chi connectivity index (χ2n) is 6.76. The Bertz CT molecular complexity index is 1370. The van der Waals surface area contributed by atoms with Crippen molar-refractivity contribution in [2.45, 2.75) is 6.92 Å². The Balaban J connectivity index is 2.03. The molecular weight excluding hydrogens is 364 g/mol. The molecule has 0 atom stereocenters. The topological polar surface area (TPSA) is 59.3 Å². The Labute approximate surface area is 166 Å². The highest BCUT2D eigenvalue weighted by atomic mass is 16.5. The maximum Gasteiger partial charge on any atom is 0.435 e. The summed E-state index contributed by atoms with van der Waals surface area (Å²) in [7, 11) is 0. The minimum atomic E-state index is -0.406. The Morgan fingerprint density at radius 1 is 0.897 bits per heavy atom. The molecule has 0 bridgehead atoms. The van der Waals surface area contributed by atoms with E-state index in [-0.39, 0.29) is 0 Å². The van der Waals surface area contributed by atoms with Crippen molar-refractivity contribution in [1.82, 2.24) is 5.27 Å². The van der Waals surface area contributed by atoms with Crippen LogP contribution in [0.4, 0.5) is 0 Å². The highest BCUT2D eigenvalue weighted by molar-refractivity contribution is 6.05. The number of pyridine rings is 1. The van der Waals surface area contributed by atoms with Crippen LogP contribution in [0.25, 0.3) is 38.7 Å². The van der Waals surface area contributed by atoms with Crippen LogP contribution < -0.4 is 14.9 Å². The van der Waals surface area contributed by atoms with Gasteiger partial charge in [0.15, 0.2) is 0 Å². The van der Waals surface area contributed by atoms with E-state index >= 15 is 0 Å². The lowest BCUT2D eigenvalue weighted by atomic mass is 9.91. The minimum absolute atomic E-state index is 0.406. The maximum absolute atomic E-state index is 12.7. The monoisotopic (exact) mass is 383 g/mol. The van der Waals surface area contributed by atoms with E-state index in [4.69, 9.17) is 9.26 Å². The second-order valence-corrected chi connectivity index (χ2v) is 6.76. The van der Waals surface area contributed by atoms with E-state index in [1.807, 2.05) is 73.7 Å². The van der Waals surface area contributed by atoms with E-state index in [0.29, 0.717) is 12.1 Å². The molecule has 0 amide bonds. The highest BCUT2D eigenvalue weighted by Gasteiger charge is 2.28. The van der Waals surface area contributed by atoms with Crippen LogP contribution in [0.5, 0.6) is 5.75 Å². The molecule has 0 aliphatic rings. The van der Waals surface area contributed by atoms with E-state index in [1.165, 1.54) is 0 Å². The van der Waals surface area contributed by atoms with Gasteiger partial charge in [0.2, 0.25) is 5.52 Å². The Morgan fingerprint density at radius 3 is 2.21 bits per heavy atom. The van der Waals surface area contributed by atoms with Gasteiger partial charge in [-0.1, -0.05) is 60.7 Å². The first-order chi connectivity index (χ1) is 14.3. The fourth-order valence-corrected chi connectivity index (χ4v) is 3.87. The van der Waals surface area contributed by atoms with Crippen molar-refractivity contribution in [3.8, 4) is 28.0 Å². The average Bonchev–Trinajstić information content (AvgIpc) is 3.15. The molecule has 5 nitrogen and oxygen atoms in total. The smallest absolute Gasteiger partial charge is 0.435 e. The van der Waals surface area contributed by atoms with Gasteiger partial charge in [0, 0.05) is 11.6 Å². The summed E-state index contributed by atoms with van der Waals surface area (Å²) in [5.74, 6) is 0.780. The van der Waals surface area contributed by atoms with Crippen LogP contribution in [0.15, 0.2) is 88.2 Å². The fourth-order valence-electron chi connectivity index (χ4n) is 3.87. The van der Waals surface area contributed by atoms with Gasteiger partial charge in [0.25, 0.3) is 0 Å². The molecule has 5 heteroatoms. The Morgan fingerprint density at radius 2 is 1.55 bits per heavy atom. The largest absolute Gasteiger partial charge is 0.494 e. The zero-order valence-electron chi connectivity index (χ0n) is 15.9. The number of aromatic amines is 1. The third-order valence-electron chi connectivity index (χ3n) is 5.05. The number of hydrogen-bond donors (Lipinski definition) is 1. The van der Waals surface area contributed by atoms with Gasteiger partial charge in [-0.2, -0.15) is 0 Å². The molecule has 142 valence electrons. The predicted octanol–water partition coefficient (Wildman–Crippen LogP) is 4.59. The summed E-state index contributed by atoms with van der Waals surface area (Å²) in [6.45, 7) is 2.54. The van der Waals surface area contributed by atoms with Crippen LogP contribution in [0.2, 0.25) is 0 Å². The molecule has 2 heterocycles. The molecule has 0 saturated carbocycles. The van der Waals surface area contributed by atoms with Gasteiger partial charge in [0.1, 0.15) is 5.75 Å². The number of nitrogens with zero attached hydrogens (tertiary/aromatic N) is 1. The van der Waals surface area contributed by atoms with Crippen molar-refractivity contribution in [3.05, 3.63) is 89.3 Å². The number of H-pyrrole nitrogens is 1. The van der Waals surface area contributed by atoms with Crippen LogP contribution >= 0.6 is 0 Å². The molecule has 3 aromatic carbocycles. The van der Waals surface area contributed by atoms with E-state index in [1.54, 1.807) is 4.52 Å². The average molecular weight is 383 g/mol. The zero-order valence-corrected chi connectivity index (χ0v) is 15.9. The predicted molar refractivity (Wildman–Crippen MR) is 112 cm³/mol. The summed E-state index contributed by atoms with van der Waals surface area (Å²) in [6.07, 6.45) is 0. The molecule has 0 fully saturated rings. The zero-order chi connectivity index (χ0) is 19.8. The van der Waals surface area contributed by atoms with Gasteiger partial charge in [0.05, 0.1) is 17.6 Å². The van der Waals surface area contributed by atoms with Crippen molar-refractivity contribution >= 4 is 16.4 Å². The molecule has 2 aromatic heterocycles. The SMILES string of the molecule is CCOc1ccc2c(c1)c(-c1ccccc1)c(-c1ccccc1)c1c(=O)o[nH][n+]12. The van der Waals surface area contributed by atoms with Crippen LogP contribution in [-0.2, 0) is 0 Å². The quantitative estimate of drug-likeness (QED) is 0.462. The van der Waals surface area contributed by atoms with Gasteiger partial charge < -0.3 is 4.74 Å². The first-order valence-electron chi connectivity index (χ1n) is 9.54. The van der Waals surface area contributed by atoms with Crippen molar-refractivity contribution in [3.63, 3.8) is 0 Å². The molecule has 1 N–H and O–H groups in total. The lowest BCUT2D eigenvalue weighted by Gasteiger charge is -2.12. The lowest BCUT2D eigenvalue weighted by molar-refractivity contribution is -0.567. The summed E-state index contributed by atoms with van der Waals surface area (Å²) in [4.78, 5) is 12.7. The van der Waals surface area contributed by atoms with E-state index < -0.39 is 5.63 Å². The number of nitrogens with one attached hydrogen (secondary N) is 1. The van der Waals surface area contributed by atoms with Gasteiger partial charge in [-0.15, -0.1) is 0 Å². The maximum atomic E-state index is 12.7. The molecule has 0 spiro atoms. The molecule has 5 aromatic rings. The fraction of sp³-hybridized carbons (Fsp3) is 0.0833. The number of fused-ring (bicyclic) bond motifs is 3. The van der Waals surface area contributed by atoms with E-state index in [9.17, 15) is 4.79 Å². The normalized spacial score (nSPS) is 11.2. The molecular formula is C24H19N2O3+. The molecule has 29 heavy (non-hydrogen) atoms. The van der Waals surface area contributed by atoms with Crippen molar-refractivity contribution < 1.29 is 13.8 Å². The first kappa shape index (κ1) is 17.3. The molecule has 5 rings (SSSR count). The van der Waals surface area contributed by atoms with E-state index in [0.717, 1.165) is 38.9 Å². The summed E-state index contributed by atoms with van der Waals surface area (Å²) in [6, 6.07) is 25.9. The number of ether oxygens (including phenoxy) is 1. The summed E-state index contributed by atoms with van der Waals surface area (Å²) >= 11 is 0. The van der Waals surface area contributed by atoms with Crippen LogP contribution in [0.1, 0.15) is 6.92 Å². The Kier molecular flexibility index (Phi) is 4.13. The van der Waals surface area contributed by atoms with Crippen LogP contribution in [0.3, 0.4) is 0 Å².